The van der Waals surface area contributed by atoms with Crippen LogP contribution in [0.2, 0.25) is 0 Å². The second-order valence-corrected chi connectivity index (χ2v) is 1.44. The van der Waals surface area contributed by atoms with Crippen LogP contribution in [0, 0.1) is 12.0 Å². The van der Waals surface area contributed by atoms with Crippen LogP contribution in [0.1, 0.15) is 12.8 Å². The fourth-order valence-corrected chi connectivity index (χ4v) is 0.276. The average molecular weight is 137 g/mol. The highest BCUT2D eigenvalue weighted by atomic mass is 19.4. The molecule has 0 aliphatic heterocycles. The fraction of sp³-hybridized carbons (Fsp3) is 0.600. The van der Waals surface area contributed by atoms with Crippen molar-refractivity contribution in [3.05, 3.63) is 0 Å². The minimum Gasteiger partial charge on any atom is -0.359 e. The highest BCUT2D eigenvalue weighted by molar-refractivity contribution is 4.93. The lowest BCUT2D eigenvalue weighted by Gasteiger charge is -2.00. The Morgan fingerprint density at radius 2 is 1.89 bits per heavy atom. The Hall–Kier alpha value is -0.850. The lowest BCUT2D eigenvalue weighted by molar-refractivity contribution is -0.133. The lowest BCUT2D eigenvalue weighted by atomic mass is 10.3. The van der Waals surface area contributed by atoms with Gasteiger partial charge >= 0.3 is 6.18 Å². The standard InChI is InChI=1S/C5H6F3N/c6-5(7,8)3-1-2-4-9/h1,3,9H2. The smallest absolute Gasteiger partial charge is 0.359 e. The largest absolute Gasteiger partial charge is 0.390 e. The summed E-state index contributed by atoms with van der Waals surface area (Å²) in [5.41, 5.74) is 4.63. The van der Waals surface area contributed by atoms with Gasteiger partial charge < -0.3 is 5.73 Å². The van der Waals surface area contributed by atoms with Gasteiger partial charge in [0.1, 0.15) is 0 Å². The molecular formula is C5H6F3N. The number of rotatable bonds is 1. The van der Waals surface area contributed by atoms with E-state index in [-0.39, 0.29) is 6.42 Å². The Bertz CT molecular complexity index is 127. The number of hydrogen-bond acceptors (Lipinski definition) is 1. The first-order chi connectivity index (χ1) is 4.06. The first kappa shape index (κ1) is 8.15. The minimum atomic E-state index is -4.11. The number of halogens is 3. The molecule has 9 heavy (non-hydrogen) atoms. The molecule has 0 aliphatic carbocycles. The number of nitrogens with two attached hydrogens (primary N) is 1. The molecule has 1 nitrogen and oxygen atoms in total. The van der Waals surface area contributed by atoms with E-state index in [1.54, 1.807) is 0 Å². The molecule has 0 saturated heterocycles. The molecule has 0 aliphatic rings. The summed E-state index contributed by atoms with van der Waals surface area (Å²) in [4.78, 5) is 0. The van der Waals surface area contributed by atoms with E-state index in [1.807, 2.05) is 6.04 Å². The molecule has 0 aromatic heterocycles. The van der Waals surface area contributed by atoms with Gasteiger partial charge in [0.2, 0.25) is 0 Å². The van der Waals surface area contributed by atoms with E-state index >= 15 is 0 Å². The van der Waals surface area contributed by atoms with Crippen LogP contribution in [-0.2, 0) is 0 Å². The molecule has 0 saturated carbocycles. The van der Waals surface area contributed by atoms with Gasteiger partial charge in [-0.05, 0) is 0 Å². The van der Waals surface area contributed by atoms with Gasteiger partial charge in [0.25, 0.3) is 0 Å². The second kappa shape index (κ2) is 3.23. The molecule has 0 aromatic carbocycles. The van der Waals surface area contributed by atoms with Crippen molar-refractivity contribution in [2.45, 2.75) is 19.0 Å². The van der Waals surface area contributed by atoms with Gasteiger partial charge in [0, 0.05) is 12.5 Å². The van der Waals surface area contributed by atoms with E-state index in [1.165, 1.54) is 0 Å². The molecule has 0 atom stereocenters. The van der Waals surface area contributed by atoms with E-state index in [9.17, 15) is 13.2 Å². The zero-order valence-electron chi connectivity index (χ0n) is 4.63. The summed E-state index contributed by atoms with van der Waals surface area (Å²) in [5.74, 6) is 2.11. The highest BCUT2D eigenvalue weighted by Crippen LogP contribution is 2.20. The van der Waals surface area contributed by atoms with Crippen LogP contribution in [0.4, 0.5) is 13.2 Å². The van der Waals surface area contributed by atoms with Crippen molar-refractivity contribution >= 4 is 0 Å². The normalized spacial score (nSPS) is 10.1. The fourth-order valence-electron chi connectivity index (χ4n) is 0.276. The zero-order chi connectivity index (χ0) is 7.33. The molecule has 0 aromatic rings. The summed E-state index contributed by atoms with van der Waals surface area (Å²) in [6.45, 7) is 0. The first-order valence-electron chi connectivity index (χ1n) is 2.31. The summed E-state index contributed by atoms with van der Waals surface area (Å²) in [5, 5.41) is 0. The quantitative estimate of drug-likeness (QED) is 0.427. The van der Waals surface area contributed by atoms with Crippen LogP contribution in [0.15, 0.2) is 0 Å². The number of hydrogen-bond donors (Lipinski definition) is 1. The SMILES string of the molecule is NC#CCCC(F)(F)F. The maximum atomic E-state index is 11.3. The molecule has 0 spiro atoms. The monoisotopic (exact) mass is 137 g/mol. The van der Waals surface area contributed by atoms with Crippen molar-refractivity contribution in [3.8, 4) is 12.0 Å². The summed E-state index contributed by atoms with van der Waals surface area (Å²) in [6.07, 6.45) is -5.19. The molecule has 0 rings (SSSR count). The van der Waals surface area contributed by atoms with Crippen LogP contribution < -0.4 is 5.73 Å². The molecule has 0 heterocycles. The van der Waals surface area contributed by atoms with Gasteiger partial charge in [-0.1, -0.05) is 5.92 Å². The van der Waals surface area contributed by atoms with E-state index in [2.05, 4.69) is 11.7 Å². The summed E-state index contributed by atoms with van der Waals surface area (Å²) in [7, 11) is 0. The van der Waals surface area contributed by atoms with Crippen LogP contribution in [0.3, 0.4) is 0 Å². The maximum Gasteiger partial charge on any atom is 0.390 e. The first-order valence-corrected chi connectivity index (χ1v) is 2.31. The third-order valence-electron chi connectivity index (χ3n) is 0.636. The Morgan fingerprint density at radius 1 is 1.33 bits per heavy atom. The number of alkyl halides is 3. The molecule has 4 heteroatoms. The van der Waals surface area contributed by atoms with E-state index in [0.717, 1.165) is 0 Å². The van der Waals surface area contributed by atoms with Gasteiger partial charge in [-0.2, -0.15) is 13.2 Å². The van der Waals surface area contributed by atoms with Gasteiger partial charge in [0.15, 0.2) is 0 Å². The third kappa shape index (κ3) is 7.15. The predicted octanol–water partition coefficient (Wildman–Crippen LogP) is 1.25. The molecule has 0 amide bonds. The Balaban J connectivity index is 3.36. The Kier molecular flexibility index (Phi) is 2.93. The molecule has 52 valence electrons. The van der Waals surface area contributed by atoms with Crippen LogP contribution in [0.5, 0.6) is 0 Å². The summed E-state index contributed by atoms with van der Waals surface area (Å²) >= 11 is 0. The molecule has 2 N–H and O–H groups in total. The van der Waals surface area contributed by atoms with Crippen molar-refractivity contribution in [1.82, 2.24) is 0 Å². The van der Waals surface area contributed by atoms with Gasteiger partial charge in [-0.15, -0.1) is 0 Å². The highest BCUT2D eigenvalue weighted by Gasteiger charge is 2.25. The third-order valence-corrected chi connectivity index (χ3v) is 0.636. The van der Waals surface area contributed by atoms with Crippen molar-refractivity contribution in [1.29, 1.82) is 0 Å². The average Bonchev–Trinajstić information content (AvgIpc) is 1.63. The molecule has 0 fully saturated rings. The molecule has 0 radical (unpaired) electrons. The van der Waals surface area contributed by atoms with Crippen LogP contribution in [0.25, 0.3) is 0 Å². The topological polar surface area (TPSA) is 26.0 Å². The van der Waals surface area contributed by atoms with Crippen molar-refractivity contribution in [2.75, 3.05) is 0 Å². The van der Waals surface area contributed by atoms with E-state index in [4.69, 9.17) is 0 Å². The zero-order valence-corrected chi connectivity index (χ0v) is 4.63. The van der Waals surface area contributed by atoms with Gasteiger partial charge in [-0.25, -0.2) is 0 Å². The Labute approximate surface area is 51.0 Å². The Morgan fingerprint density at radius 3 is 2.22 bits per heavy atom. The minimum absolute atomic E-state index is 0.208. The van der Waals surface area contributed by atoms with E-state index in [0.29, 0.717) is 0 Å². The van der Waals surface area contributed by atoms with E-state index < -0.39 is 12.6 Å². The van der Waals surface area contributed by atoms with Crippen LogP contribution >= 0.6 is 0 Å². The van der Waals surface area contributed by atoms with Gasteiger partial charge in [0.05, 0.1) is 6.42 Å². The van der Waals surface area contributed by atoms with Gasteiger partial charge in [-0.3, -0.25) is 0 Å². The van der Waals surface area contributed by atoms with Crippen molar-refractivity contribution in [2.24, 2.45) is 5.73 Å². The lowest BCUT2D eigenvalue weighted by Crippen LogP contribution is -2.05. The van der Waals surface area contributed by atoms with Crippen LogP contribution in [-0.4, -0.2) is 6.18 Å². The summed E-state index contributed by atoms with van der Waals surface area (Å²) in [6, 6.07) is 1.89. The summed E-state index contributed by atoms with van der Waals surface area (Å²) < 4.78 is 33.8. The maximum absolute atomic E-state index is 11.3. The molecule has 0 bridgehead atoms. The molecular weight excluding hydrogens is 131 g/mol. The molecule has 0 unspecified atom stereocenters. The predicted molar refractivity (Wildman–Crippen MR) is 27.3 cm³/mol. The van der Waals surface area contributed by atoms with Crippen molar-refractivity contribution in [3.63, 3.8) is 0 Å². The second-order valence-electron chi connectivity index (χ2n) is 1.44. The van der Waals surface area contributed by atoms with Crippen molar-refractivity contribution < 1.29 is 13.2 Å².